The average molecular weight is 328 g/mol. The maximum absolute atomic E-state index is 4.59. The fourth-order valence-electron chi connectivity index (χ4n) is 3.02. The van der Waals surface area contributed by atoms with Crippen molar-refractivity contribution in [2.24, 2.45) is 4.99 Å². The van der Waals surface area contributed by atoms with Crippen LogP contribution in [0.4, 0.5) is 0 Å². The van der Waals surface area contributed by atoms with E-state index in [4.69, 9.17) is 0 Å². The molecular formula is C21H33N3. The molecule has 0 saturated carbocycles. The van der Waals surface area contributed by atoms with Gasteiger partial charge in [0.2, 0.25) is 0 Å². The van der Waals surface area contributed by atoms with E-state index in [0.29, 0.717) is 0 Å². The minimum Gasteiger partial charge on any atom is -0.360 e. The molecule has 0 amide bonds. The number of rotatable bonds is 12. The number of H-pyrrole nitrogens is 2. The summed E-state index contributed by atoms with van der Waals surface area (Å²) in [4.78, 5) is 11.3. The van der Waals surface area contributed by atoms with Crippen LogP contribution in [-0.2, 0) is 0 Å². The Morgan fingerprint density at radius 3 is 2.33 bits per heavy atom. The maximum Gasteiger partial charge on any atom is 0.0627 e. The summed E-state index contributed by atoms with van der Waals surface area (Å²) >= 11 is 0. The molecule has 0 aliphatic heterocycles. The van der Waals surface area contributed by atoms with E-state index in [1.54, 1.807) is 0 Å². The minimum atomic E-state index is 0.937. The van der Waals surface area contributed by atoms with E-state index in [0.717, 1.165) is 23.6 Å². The van der Waals surface area contributed by atoms with Gasteiger partial charge in [-0.2, -0.15) is 0 Å². The van der Waals surface area contributed by atoms with E-state index in [1.165, 1.54) is 63.4 Å². The zero-order chi connectivity index (χ0) is 17.0. The van der Waals surface area contributed by atoms with Crippen LogP contribution in [0.15, 0.2) is 29.4 Å². The van der Waals surface area contributed by atoms with Gasteiger partial charge in [-0.3, -0.25) is 4.99 Å². The van der Waals surface area contributed by atoms with Crippen LogP contribution in [-0.4, -0.2) is 22.7 Å². The third-order valence-corrected chi connectivity index (χ3v) is 4.55. The Bertz CT molecular complexity index is 578. The molecule has 0 bridgehead atoms. The first-order valence-corrected chi connectivity index (χ1v) is 9.64. The molecule has 2 heterocycles. The molecule has 2 aromatic heterocycles. The van der Waals surface area contributed by atoms with E-state index in [2.05, 4.69) is 40.9 Å². The lowest BCUT2D eigenvalue weighted by Crippen LogP contribution is -1.88. The molecule has 2 rings (SSSR count). The fourth-order valence-corrected chi connectivity index (χ4v) is 3.02. The van der Waals surface area contributed by atoms with Crippen molar-refractivity contribution >= 4 is 6.21 Å². The van der Waals surface area contributed by atoms with Gasteiger partial charge in [-0.25, -0.2) is 0 Å². The number of hydrogen-bond donors (Lipinski definition) is 2. The van der Waals surface area contributed by atoms with Gasteiger partial charge in [0.25, 0.3) is 0 Å². The van der Waals surface area contributed by atoms with Crippen molar-refractivity contribution < 1.29 is 0 Å². The summed E-state index contributed by atoms with van der Waals surface area (Å²) in [5.74, 6) is 0. The molecule has 24 heavy (non-hydrogen) atoms. The van der Waals surface area contributed by atoms with Crippen molar-refractivity contribution in [1.29, 1.82) is 0 Å². The lowest BCUT2D eigenvalue weighted by molar-refractivity contribution is 0.567. The van der Waals surface area contributed by atoms with Crippen LogP contribution < -0.4 is 0 Å². The predicted molar refractivity (Wildman–Crippen MR) is 105 cm³/mol. The highest BCUT2D eigenvalue weighted by molar-refractivity contribution is 5.81. The molecule has 0 aliphatic rings. The normalized spacial score (nSPS) is 11.6. The molecule has 0 atom stereocenters. The Hall–Kier alpha value is -1.77. The van der Waals surface area contributed by atoms with Crippen molar-refractivity contribution in [2.45, 2.75) is 71.6 Å². The lowest BCUT2D eigenvalue weighted by atomic mass is 10.1. The second kappa shape index (κ2) is 10.9. The standard InChI is InChI=1S/C21H33N3/c1-3-4-5-6-7-8-9-10-11-14-22-17-21-18(2)16-20(24-21)19-13-12-15-23-19/h12-13,15-17,23-24H,3-11,14H2,1-2H3. The zero-order valence-electron chi connectivity index (χ0n) is 15.4. The summed E-state index contributed by atoms with van der Waals surface area (Å²) < 4.78 is 0. The fraction of sp³-hybridized carbons (Fsp3) is 0.571. The molecule has 0 spiro atoms. The third-order valence-electron chi connectivity index (χ3n) is 4.55. The van der Waals surface area contributed by atoms with Gasteiger partial charge in [0.1, 0.15) is 0 Å². The van der Waals surface area contributed by atoms with Crippen LogP contribution in [0.1, 0.15) is 76.0 Å². The van der Waals surface area contributed by atoms with Gasteiger partial charge in [-0.1, -0.05) is 58.3 Å². The molecule has 3 heteroatoms. The summed E-state index contributed by atoms with van der Waals surface area (Å²) in [5, 5.41) is 0. The third kappa shape index (κ3) is 6.38. The summed E-state index contributed by atoms with van der Waals surface area (Å²) in [6.07, 6.45) is 16.2. The van der Waals surface area contributed by atoms with Gasteiger partial charge in [0, 0.05) is 19.0 Å². The quantitative estimate of drug-likeness (QED) is 0.341. The molecule has 132 valence electrons. The van der Waals surface area contributed by atoms with Crippen LogP contribution in [0.2, 0.25) is 0 Å². The Morgan fingerprint density at radius 1 is 0.958 bits per heavy atom. The number of aromatic nitrogens is 2. The number of nitrogens with one attached hydrogen (secondary N) is 2. The average Bonchev–Trinajstić information content (AvgIpc) is 3.22. The van der Waals surface area contributed by atoms with Gasteiger partial charge in [0.05, 0.1) is 17.1 Å². The maximum atomic E-state index is 4.59. The van der Waals surface area contributed by atoms with Crippen LogP contribution in [0.25, 0.3) is 11.4 Å². The van der Waals surface area contributed by atoms with Crippen LogP contribution in [0.3, 0.4) is 0 Å². The highest BCUT2D eigenvalue weighted by atomic mass is 14.8. The van der Waals surface area contributed by atoms with Gasteiger partial charge in [-0.15, -0.1) is 0 Å². The first-order chi connectivity index (χ1) is 11.8. The number of aryl methyl sites for hydroxylation is 1. The summed E-state index contributed by atoms with van der Waals surface area (Å²) in [6.45, 7) is 5.34. The zero-order valence-corrected chi connectivity index (χ0v) is 15.4. The lowest BCUT2D eigenvalue weighted by Gasteiger charge is -2.00. The summed E-state index contributed by atoms with van der Waals surface area (Å²) in [7, 11) is 0. The summed E-state index contributed by atoms with van der Waals surface area (Å²) in [6, 6.07) is 6.27. The van der Waals surface area contributed by atoms with Gasteiger partial charge >= 0.3 is 0 Å². The van der Waals surface area contributed by atoms with E-state index < -0.39 is 0 Å². The van der Waals surface area contributed by atoms with E-state index in [1.807, 2.05) is 18.5 Å². The van der Waals surface area contributed by atoms with Gasteiger partial charge < -0.3 is 9.97 Å². The topological polar surface area (TPSA) is 43.9 Å². The molecule has 0 aromatic carbocycles. The SMILES string of the molecule is CCCCCCCCCCCN=Cc1[nH]c(-c2ccc[nH]2)cc1C. The Labute approximate surface area is 147 Å². The Balaban J connectivity index is 1.59. The minimum absolute atomic E-state index is 0.937. The molecule has 0 fully saturated rings. The monoisotopic (exact) mass is 327 g/mol. The predicted octanol–water partition coefficient (Wildman–Crippen LogP) is 6.27. The van der Waals surface area contributed by atoms with Crippen molar-refractivity contribution in [3.05, 3.63) is 35.7 Å². The molecule has 0 aliphatic carbocycles. The van der Waals surface area contributed by atoms with Crippen LogP contribution in [0.5, 0.6) is 0 Å². The van der Waals surface area contributed by atoms with Crippen molar-refractivity contribution in [3.63, 3.8) is 0 Å². The van der Waals surface area contributed by atoms with Gasteiger partial charge in [0.15, 0.2) is 0 Å². The Morgan fingerprint density at radius 2 is 1.67 bits per heavy atom. The molecule has 0 saturated heterocycles. The van der Waals surface area contributed by atoms with E-state index >= 15 is 0 Å². The number of unbranched alkanes of at least 4 members (excludes halogenated alkanes) is 8. The molecule has 3 nitrogen and oxygen atoms in total. The van der Waals surface area contributed by atoms with Crippen molar-refractivity contribution in [2.75, 3.05) is 6.54 Å². The first-order valence-electron chi connectivity index (χ1n) is 9.64. The highest BCUT2D eigenvalue weighted by Crippen LogP contribution is 2.19. The molecule has 0 unspecified atom stereocenters. The number of hydrogen-bond acceptors (Lipinski definition) is 1. The van der Waals surface area contributed by atoms with Crippen LogP contribution in [0, 0.1) is 6.92 Å². The van der Waals surface area contributed by atoms with E-state index in [-0.39, 0.29) is 0 Å². The van der Waals surface area contributed by atoms with Crippen molar-refractivity contribution in [3.8, 4) is 11.4 Å². The molecule has 2 N–H and O–H groups in total. The smallest absolute Gasteiger partial charge is 0.0627 e. The van der Waals surface area contributed by atoms with E-state index in [9.17, 15) is 0 Å². The second-order valence-corrected chi connectivity index (χ2v) is 6.73. The second-order valence-electron chi connectivity index (χ2n) is 6.73. The van der Waals surface area contributed by atoms with Crippen molar-refractivity contribution in [1.82, 2.24) is 9.97 Å². The number of aliphatic imine (C=N–C) groups is 1. The molecular weight excluding hydrogens is 294 g/mol. The Kier molecular flexibility index (Phi) is 8.43. The highest BCUT2D eigenvalue weighted by Gasteiger charge is 2.04. The van der Waals surface area contributed by atoms with Crippen LogP contribution >= 0.6 is 0 Å². The number of aromatic amines is 2. The summed E-state index contributed by atoms with van der Waals surface area (Å²) in [5.41, 5.74) is 4.62. The molecule has 2 aromatic rings. The first kappa shape index (κ1) is 18.6. The largest absolute Gasteiger partial charge is 0.360 e. The molecule has 0 radical (unpaired) electrons. The number of nitrogens with zero attached hydrogens (tertiary/aromatic N) is 1. The van der Waals surface area contributed by atoms with Gasteiger partial charge in [-0.05, 0) is 37.1 Å².